The summed E-state index contributed by atoms with van der Waals surface area (Å²) >= 11 is 1.70. The van der Waals surface area contributed by atoms with Gasteiger partial charge in [0.15, 0.2) is 16.1 Å². The molecule has 0 bridgehead atoms. The van der Waals surface area contributed by atoms with Crippen molar-refractivity contribution in [3.05, 3.63) is 412 Å². The van der Waals surface area contributed by atoms with Gasteiger partial charge in [-0.3, -0.25) is 0 Å². The zero-order valence-corrected chi connectivity index (χ0v) is 61.2. The Morgan fingerprint density at radius 1 is 0.276 bits per heavy atom. The van der Waals surface area contributed by atoms with Gasteiger partial charge in [-0.1, -0.05) is 414 Å². The van der Waals surface area contributed by atoms with Crippen molar-refractivity contribution in [2.24, 2.45) is 0 Å². The minimum atomic E-state index is -3.83. The van der Waals surface area contributed by atoms with Crippen LogP contribution in [0.1, 0.15) is 40.0 Å². The molecule has 0 amide bonds. The Bertz CT molecular complexity index is 6380. The molecule has 0 saturated carbocycles. The lowest BCUT2D eigenvalue weighted by molar-refractivity contribution is 0.590. The van der Waals surface area contributed by atoms with Gasteiger partial charge in [0, 0.05) is 26.7 Å². The van der Waals surface area contributed by atoms with E-state index in [1.165, 1.54) is 21.1 Å². The van der Waals surface area contributed by atoms with E-state index in [1.54, 1.807) is 11.8 Å². The van der Waals surface area contributed by atoms with Crippen LogP contribution in [-0.4, -0.2) is 22.9 Å². The van der Waals surface area contributed by atoms with Crippen molar-refractivity contribution >= 4 is 110 Å². The highest BCUT2D eigenvalue weighted by molar-refractivity contribution is 8.00. The lowest BCUT2D eigenvalue weighted by Gasteiger charge is -2.41. The highest BCUT2D eigenvalue weighted by Crippen LogP contribution is 2.48. The fourth-order valence-electron chi connectivity index (χ4n) is 16.4. The number of para-hydroxylation sites is 1. The maximum Gasteiger partial charge on any atom is 0.249 e. The molecule has 16 aromatic carbocycles. The number of nitrogens with zero attached hydrogens (tertiary/aromatic N) is 1. The third-order valence-corrected chi connectivity index (χ3v) is 31.9. The van der Waals surface area contributed by atoms with Crippen LogP contribution < -0.4 is 62.8 Å². The van der Waals surface area contributed by atoms with Crippen LogP contribution in [0, 0.1) is 0 Å². The van der Waals surface area contributed by atoms with Crippen molar-refractivity contribution < 1.29 is 13.7 Å². The zero-order valence-electron chi connectivity index (χ0n) is 68.3. The van der Waals surface area contributed by atoms with Crippen LogP contribution >= 0.6 is 11.8 Å². The van der Waals surface area contributed by atoms with E-state index in [-0.39, 0.29) is 40.7 Å². The molecule has 18 rings (SSSR count). The second-order valence-electron chi connectivity index (χ2n) is 28.3. The van der Waals surface area contributed by atoms with E-state index in [1.807, 2.05) is 18.2 Å². The van der Waals surface area contributed by atoms with E-state index in [0.29, 0.717) is 11.1 Å². The van der Waals surface area contributed by atoms with Crippen molar-refractivity contribution in [3.63, 3.8) is 0 Å². The van der Waals surface area contributed by atoms with E-state index in [0.717, 1.165) is 114 Å². The number of anilines is 3. The maximum absolute atomic E-state index is 9.50. The standard InChI is InChI=1S/C100H76BNSSi2/c1-100(2,3)82-44-30-41-75(61-82)81-68-96-99-98(69-81)103-97-60-58-78(73-37-16-6-17-38-73)66-93(97)101(99)92-59-57-79(67-95(92)102(96)94-56-29-28-55-91(94)74-39-18-7-19-40-74)80-64-89(104(83-45-20-8-21-46-83,84-47-22-9-23-48-84)87-53-31-42-76(62-87)71-33-12-4-13-34-71)70-90(65-80)105(85-49-24-10-25-50-85,86-51-26-11-27-52-86)88-54-32-43-77(63-88)72-35-14-5-15-36-72/h4-70H,1-3H3/i4D,6D,12D,13D,16D,17D,33D,34D,37D,38D. The van der Waals surface area contributed by atoms with Gasteiger partial charge in [0.05, 0.1) is 19.4 Å². The number of benzene rings is 16. The zero-order chi connectivity index (χ0) is 79.2. The van der Waals surface area contributed by atoms with Crippen LogP contribution in [0.5, 0.6) is 0 Å². The Morgan fingerprint density at radius 3 is 1.23 bits per heavy atom. The van der Waals surface area contributed by atoms with Gasteiger partial charge in [-0.2, -0.15) is 0 Å². The first-order valence-corrected chi connectivity index (χ1v) is 40.6. The molecule has 0 radical (unpaired) electrons. The van der Waals surface area contributed by atoms with E-state index >= 15 is 0 Å². The number of hydrogen-bond donors (Lipinski definition) is 0. The van der Waals surface area contributed by atoms with Crippen molar-refractivity contribution in [1.82, 2.24) is 0 Å². The minimum Gasteiger partial charge on any atom is -0.311 e. The molecule has 105 heavy (non-hydrogen) atoms. The highest BCUT2D eigenvalue weighted by Gasteiger charge is 2.48. The number of hydrogen-bond acceptors (Lipinski definition) is 2. The summed E-state index contributed by atoms with van der Waals surface area (Å²) in [5.41, 5.74) is 16.5. The van der Waals surface area contributed by atoms with E-state index < -0.39 is 59.1 Å². The molecular formula is C100H76BNSSi2. The lowest BCUT2D eigenvalue weighted by atomic mass is 9.34. The molecule has 0 N–H and O–H groups in total. The predicted octanol–water partition coefficient (Wildman–Crippen LogP) is 18.5. The SMILES string of the molecule is [2H]c1c([2H])c([2H])c(-c2cccc([Si](c3ccccc3)(c3ccccc3)c3cc(-c4ccc5c(c4)N(c4ccccc4-c4ccccc4)c4cc(-c6cccc(C(C)(C)C)c6)cc6c4B5c4cc(-c5c([2H])c([2H])c([2H])c([2H])c5[2H])ccc4S6)cc([Si](c4ccccc4)(c4ccccc4)c4cccc(-c5ccccc5)c4)c3)c2)c([2H])c1[2H]. The maximum atomic E-state index is 9.50. The molecule has 0 aromatic heterocycles. The molecule has 0 aliphatic carbocycles. The van der Waals surface area contributed by atoms with Gasteiger partial charge in [-0.05, 0) is 155 Å². The van der Waals surface area contributed by atoms with E-state index in [2.05, 4.69) is 353 Å². The van der Waals surface area contributed by atoms with Crippen molar-refractivity contribution in [2.45, 2.75) is 36.0 Å². The molecule has 1 nitrogen and oxygen atoms in total. The van der Waals surface area contributed by atoms with E-state index in [9.17, 15) is 5.48 Å². The average molecular weight is 1400 g/mol. The van der Waals surface area contributed by atoms with Crippen LogP contribution in [0.2, 0.25) is 0 Å². The predicted molar refractivity (Wildman–Crippen MR) is 455 cm³/mol. The Labute approximate surface area is 638 Å². The smallest absolute Gasteiger partial charge is 0.249 e. The molecule has 2 aliphatic heterocycles. The fraction of sp³-hybridized carbons (Fsp3) is 0.0400. The quantitative estimate of drug-likeness (QED) is 0.0743. The normalized spacial score (nSPS) is 13.8. The Balaban J connectivity index is 0.994. The van der Waals surface area contributed by atoms with Crippen LogP contribution in [0.3, 0.4) is 0 Å². The summed E-state index contributed by atoms with van der Waals surface area (Å²) in [7, 11) is -7.48. The number of rotatable bonds is 15. The third kappa shape index (κ3) is 11.7. The summed E-state index contributed by atoms with van der Waals surface area (Å²) in [6.45, 7) is 6.31. The molecule has 2 heterocycles. The minimum absolute atomic E-state index is 0.125. The second kappa shape index (κ2) is 27.4. The first kappa shape index (κ1) is 54.8. The molecule has 498 valence electrons. The Kier molecular flexibility index (Phi) is 14.3. The molecule has 5 heteroatoms. The lowest BCUT2D eigenvalue weighted by Crippen LogP contribution is -2.78. The summed E-state index contributed by atoms with van der Waals surface area (Å²) in [4.78, 5) is 4.56. The summed E-state index contributed by atoms with van der Waals surface area (Å²) < 4.78 is 91.0. The van der Waals surface area contributed by atoms with E-state index in [4.69, 9.17) is 8.22 Å². The number of fused-ring (bicyclic) bond motifs is 4. The van der Waals surface area contributed by atoms with Gasteiger partial charge in [-0.15, -0.1) is 0 Å². The molecule has 0 spiro atoms. The summed E-state index contributed by atoms with van der Waals surface area (Å²) in [5, 5.41) is 8.78. The second-order valence-corrected chi connectivity index (χ2v) is 37.0. The molecular weight excluding hydrogens is 1310 g/mol. The molecule has 16 aromatic rings. The largest absolute Gasteiger partial charge is 0.311 e. The highest BCUT2D eigenvalue weighted by atomic mass is 32.2. The van der Waals surface area contributed by atoms with Crippen molar-refractivity contribution in [1.29, 1.82) is 0 Å². The Hall–Kier alpha value is -11.8. The van der Waals surface area contributed by atoms with Crippen LogP contribution in [0.25, 0.3) is 66.8 Å². The topological polar surface area (TPSA) is 3.24 Å². The Morgan fingerprint density at radius 2 is 0.686 bits per heavy atom. The summed E-state index contributed by atoms with van der Waals surface area (Å²) in [5.74, 6) is 0. The summed E-state index contributed by atoms with van der Waals surface area (Å²) in [6, 6.07) is 121. The first-order chi connectivity index (χ1) is 55.8. The van der Waals surface area contributed by atoms with Gasteiger partial charge < -0.3 is 4.90 Å². The summed E-state index contributed by atoms with van der Waals surface area (Å²) in [6.07, 6.45) is 0. The molecule has 0 saturated heterocycles. The van der Waals surface area contributed by atoms with Crippen LogP contribution in [-0.2, 0) is 5.41 Å². The van der Waals surface area contributed by atoms with Crippen LogP contribution in [0.15, 0.2) is 416 Å². The van der Waals surface area contributed by atoms with Crippen molar-refractivity contribution in [3.8, 4) is 66.8 Å². The van der Waals surface area contributed by atoms with Crippen molar-refractivity contribution in [2.75, 3.05) is 4.90 Å². The first-order valence-electron chi connectivity index (χ1n) is 40.8. The average Bonchev–Trinajstić information content (AvgIpc) is 0.705. The fourth-order valence-corrected chi connectivity index (χ4v) is 27.5. The van der Waals surface area contributed by atoms with Gasteiger partial charge in [0.1, 0.15) is 0 Å². The van der Waals surface area contributed by atoms with Gasteiger partial charge in [0.25, 0.3) is 0 Å². The third-order valence-electron chi connectivity index (χ3n) is 21.3. The van der Waals surface area contributed by atoms with Gasteiger partial charge in [-0.25, -0.2) is 0 Å². The van der Waals surface area contributed by atoms with Gasteiger partial charge >= 0.3 is 0 Å². The van der Waals surface area contributed by atoms with Crippen LogP contribution in [0.4, 0.5) is 17.1 Å². The van der Waals surface area contributed by atoms with Gasteiger partial charge in [0.2, 0.25) is 6.71 Å². The molecule has 0 unspecified atom stereocenters. The molecule has 0 fully saturated rings. The molecule has 2 aliphatic rings. The monoisotopic (exact) mass is 1400 g/mol. The molecule has 0 atom stereocenters.